The number of sulfonamides is 1. The van der Waals surface area contributed by atoms with Gasteiger partial charge in [-0.1, -0.05) is 42.5 Å². The minimum Gasteiger partial charge on any atom is -0.336 e. The van der Waals surface area contributed by atoms with E-state index in [1.807, 2.05) is 36.4 Å². The number of non-ortho nitro benzene ring substituents is 1. The van der Waals surface area contributed by atoms with E-state index < -0.39 is 14.9 Å². The van der Waals surface area contributed by atoms with Crippen molar-refractivity contribution in [3.63, 3.8) is 0 Å². The fraction of sp³-hybridized carbons (Fsp3) is 0.227. The first kappa shape index (κ1) is 21.0. The number of nitro benzene ring substituents is 1. The van der Waals surface area contributed by atoms with Gasteiger partial charge in [-0.05, 0) is 29.3 Å². The van der Waals surface area contributed by atoms with Crippen LogP contribution in [0.5, 0.6) is 0 Å². The van der Waals surface area contributed by atoms with Crippen LogP contribution in [0.3, 0.4) is 0 Å². The number of hydrogen-bond acceptors (Lipinski definition) is 5. The standard InChI is InChI=1S/C22H21N3O5S/c1-16-9-10-18(25(27)28)15-21(16)31(29,30)24-13-11-23(12-14-24)22(26)20-8-4-6-17-5-2-3-7-19(17)20/h2-10,15H,11-14H2,1H3. The van der Waals surface area contributed by atoms with Gasteiger partial charge >= 0.3 is 0 Å². The molecule has 0 aromatic heterocycles. The molecule has 31 heavy (non-hydrogen) atoms. The lowest BCUT2D eigenvalue weighted by molar-refractivity contribution is -0.385. The summed E-state index contributed by atoms with van der Waals surface area (Å²) < 4.78 is 27.5. The van der Waals surface area contributed by atoms with Crippen molar-refractivity contribution in [1.82, 2.24) is 9.21 Å². The zero-order valence-electron chi connectivity index (χ0n) is 16.9. The Labute approximate surface area is 179 Å². The molecule has 1 amide bonds. The number of amides is 1. The van der Waals surface area contributed by atoms with Gasteiger partial charge in [0.25, 0.3) is 11.6 Å². The zero-order chi connectivity index (χ0) is 22.2. The lowest BCUT2D eigenvalue weighted by Gasteiger charge is -2.34. The maximum atomic E-state index is 13.1. The molecule has 3 aromatic rings. The number of benzene rings is 3. The minimum absolute atomic E-state index is 0.0736. The van der Waals surface area contributed by atoms with Gasteiger partial charge in [0.15, 0.2) is 0 Å². The number of nitrogens with zero attached hydrogens (tertiary/aromatic N) is 3. The Hall–Kier alpha value is -3.30. The molecule has 8 nitrogen and oxygen atoms in total. The number of fused-ring (bicyclic) bond motifs is 1. The Morgan fingerprint density at radius 1 is 0.968 bits per heavy atom. The van der Waals surface area contributed by atoms with Gasteiger partial charge in [-0.2, -0.15) is 4.31 Å². The summed E-state index contributed by atoms with van der Waals surface area (Å²) in [5.74, 6) is -0.139. The molecule has 0 radical (unpaired) electrons. The highest BCUT2D eigenvalue weighted by atomic mass is 32.2. The van der Waals surface area contributed by atoms with E-state index in [1.54, 1.807) is 17.9 Å². The third-order valence-electron chi connectivity index (χ3n) is 5.55. The summed E-state index contributed by atoms with van der Waals surface area (Å²) >= 11 is 0. The largest absolute Gasteiger partial charge is 0.336 e. The quantitative estimate of drug-likeness (QED) is 0.459. The van der Waals surface area contributed by atoms with Gasteiger partial charge in [0.1, 0.15) is 0 Å². The van der Waals surface area contributed by atoms with Crippen LogP contribution < -0.4 is 0 Å². The maximum Gasteiger partial charge on any atom is 0.270 e. The predicted molar refractivity (Wildman–Crippen MR) is 116 cm³/mol. The maximum absolute atomic E-state index is 13.1. The van der Waals surface area contributed by atoms with E-state index in [1.165, 1.54) is 16.4 Å². The van der Waals surface area contributed by atoms with Crippen LogP contribution in [0.15, 0.2) is 65.6 Å². The molecule has 9 heteroatoms. The first-order chi connectivity index (χ1) is 14.8. The van der Waals surface area contributed by atoms with Crippen LogP contribution in [0.1, 0.15) is 15.9 Å². The average Bonchev–Trinajstić information content (AvgIpc) is 2.78. The fourth-order valence-corrected chi connectivity index (χ4v) is 5.50. The molecule has 1 heterocycles. The third kappa shape index (κ3) is 3.89. The molecule has 0 spiro atoms. The van der Waals surface area contributed by atoms with Gasteiger partial charge < -0.3 is 4.90 Å². The fourth-order valence-electron chi connectivity index (χ4n) is 3.83. The van der Waals surface area contributed by atoms with Gasteiger partial charge in [-0.15, -0.1) is 0 Å². The molecule has 1 aliphatic heterocycles. The predicted octanol–water partition coefficient (Wildman–Crippen LogP) is 3.20. The molecule has 0 unspecified atom stereocenters. The highest BCUT2D eigenvalue weighted by molar-refractivity contribution is 7.89. The van der Waals surface area contributed by atoms with Crippen molar-refractivity contribution in [1.29, 1.82) is 0 Å². The molecule has 0 N–H and O–H groups in total. The van der Waals surface area contributed by atoms with E-state index in [0.717, 1.165) is 16.8 Å². The molecule has 1 aliphatic rings. The van der Waals surface area contributed by atoms with Crippen LogP contribution in [0, 0.1) is 17.0 Å². The van der Waals surface area contributed by atoms with E-state index in [4.69, 9.17) is 0 Å². The molecule has 3 aromatic carbocycles. The molecule has 0 saturated carbocycles. The summed E-state index contributed by atoms with van der Waals surface area (Å²) in [5.41, 5.74) is 0.762. The molecule has 160 valence electrons. The molecule has 1 fully saturated rings. The van der Waals surface area contributed by atoms with Crippen LogP contribution in [0.25, 0.3) is 10.8 Å². The first-order valence-electron chi connectivity index (χ1n) is 9.81. The van der Waals surface area contributed by atoms with Crippen LogP contribution in [0.4, 0.5) is 5.69 Å². The summed E-state index contributed by atoms with van der Waals surface area (Å²) in [4.78, 5) is 25.1. The van der Waals surface area contributed by atoms with Crippen molar-refractivity contribution < 1.29 is 18.1 Å². The monoisotopic (exact) mass is 439 g/mol. The summed E-state index contributed by atoms with van der Waals surface area (Å²) in [7, 11) is -3.91. The Balaban J connectivity index is 1.54. The number of carbonyl (C=O) groups excluding carboxylic acids is 1. The Morgan fingerprint density at radius 3 is 2.35 bits per heavy atom. The minimum atomic E-state index is -3.91. The van der Waals surface area contributed by atoms with Crippen LogP contribution in [-0.4, -0.2) is 54.6 Å². The van der Waals surface area contributed by atoms with E-state index in [-0.39, 0.29) is 42.7 Å². The Morgan fingerprint density at radius 2 is 1.65 bits per heavy atom. The van der Waals surface area contributed by atoms with Gasteiger partial charge in [0, 0.05) is 43.9 Å². The van der Waals surface area contributed by atoms with Crippen LogP contribution >= 0.6 is 0 Å². The molecular weight excluding hydrogens is 418 g/mol. The van der Waals surface area contributed by atoms with Crippen molar-refractivity contribution in [2.45, 2.75) is 11.8 Å². The molecule has 0 atom stereocenters. The van der Waals surface area contributed by atoms with Gasteiger partial charge in [0.2, 0.25) is 10.0 Å². The number of piperazine rings is 1. The number of nitro groups is 1. The van der Waals surface area contributed by atoms with Crippen molar-refractivity contribution in [3.8, 4) is 0 Å². The van der Waals surface area contributed by atoms with Crippen molar-refractivity contribution in [2.75, 3.05) is 26.2 Å². The van der Waals surface area contributed by atoms with Gasteiger partial charge in [-0.25, -0.2) is 8.42 Å². The van der Waals surface area contributed by atoms with Crippen LogP contribution in [0.2, 0.25) is 0 Å². The van der Waals surface area contributed by atoms with Crippen LogP contribution in [-0.2, 0) is 10.0 Å². The number of rotatable bonds is 4. The van der Waals surface area contributed by atoms with E-state index in [9.17, 15) is 23.3 Å². The second-order valence-electron chi connectivity index (χ2n) is 7.43. The molecule has 1 saturated heterocycles. The zero-order valence-corrected chi connectivity index (χ0v) is 17.7. The lowest BCUT2D eigenvalue weighted by Crippen LogP contribution is -2.50. The molecule has 0 aliphatic carbocycles. The van der Waals surface area contributed by atoms with E-state index in [0.29, 0.717) is 11.1 Å². The molecule has 4 rings (SSSR count). The average molecular weight is 439 g/mol. The summed E-state index contributed by atoms with van der Waals surface area (Å²) in [6.07, 6.45) is 0. The van der Waals surface area contributed by atoms with E-state index >= 15 is 0 Å². The highest BCUT2D eigenvalue weighted by Crippen LogP contribution is 2.26. The van der Waals surface area contributed by atoms with Gasteiger partial charge in [-0.3, -0.25) is 14.9 Å². The summed E-state index contributed by atoms with van der Waals surface area (Å²) in [6, 6.07) is 17.0. The summed E-state index contributed by atoms with van der Waals surface area (Å²) in [6.45, 7) is 2.35. The van der Waals surface area contributed by atoms with Crippen molar-refractivity contribution in [3.05, 3.63) is 81.9 Å². The third-order valence-corrected chi connectivity index (χ3v) is 7.59. The highest BCUT2D eigenvalue weighted by Gasteiger charge is 2.32. The number of aryl methyl sites for hydroxylation is 1. The second kappa shape index (κ2) is 8.09. The number of hydrogen-bond donors (Lipinski definition) is 0. The SMILES string of the molecule is Cc1ccc([N+](=O)[O-])cc1S(=O)(=O)N1CCN(C(=O)c2cccc3ccccc23)CC1. The summed E-state index contributed by atoms with van der Waals surface area (Å²) in [5, 5.41) is 12.9. The smallest absolute Gasteiger partial charge is 0.270 e. The van der Waals surface area contributed by atoms with Crippen molar-refractivity contribution >= 4 is 32.4 Å². The lowest BCUT2D eigenvalue weighted by atomic mass is 10.0. The topological polar surface area (TPSA) is 101 Å². The van der Waals surface area contributed by atoms with E-state index in [2.05, 4.69) is 0 Å². The van der Waals surface area contributed by atoms with Gasteiger partial charge in [0.05, 0.1) is 9.82 Å². The number of carbonyl (C=O) groups is 1. The Bertz CT molecular complexity index is 1280. The molecular formula is C22H21N3O5S. The second-order valence-corrected chi connectivity index (χ2v) is 9.34. The Kier molecular flexibility index (Phi) is 5.47. The van der Waals surface area contributed by atoms with Crippen molar-refractivity contribution in [2.24, 2.45) is 0 Å². The molecule has 0 bridgehead atoms. The normalized spacial score (nSPS) is 15.2. The first-order valence-corrected chi connectivity index (χ1v) is 11.3.